The van der Waals surface area contributed by atoms with Crippen LogP contribution in [-0.4, -0.2) is 36.1 Å². The fourth-order valence-corrected chi connectivity index (χ4v) is 3.61. The molecule has 0 saturated heterocycles. The molecule has 2 aromatic carbocycles. The summed E-state index contributed by atoms with van der Waals surface area (Å²) in [6, 6.07) is 10.8. The molecule has 2 aliphatic heterocycles. The van der Waals surface area contributed by atoms with Gasteiger partial charge >= 0.3 is 6.18 Å². The van der Waals surface area contributed by atoms with Gasteiger partial charge in [0.25, 0.3) is 6.35 Å². The lowest BCUT2D eigenvalue weighted by molar-refractivity contribution is -0.137. The fraction of sp³-hybridized carbons (Fsp3) is 0.250. The van der Waals surface area contributed by atoms with Crippen molar-refractivity contribution in [3.63, 3.8) is 0 Å². The van der Waals surface area contributed by atoms with E-state index in [0.29, 0.717) is 18.2 Å². The summed E-state index contributed by atoms with van der Waals surface area (Å²) in [6.07, 6.45) is -3.59. The van der Waals surface area contributed by atoms with Crippen molar-refractivity contribution in [1.29, 1.82) is 0 Å². The summed E-state index contributed by atoms with van der Waals surface area (Å²) >= 11 is 11.7. The van der Waals surface area contributed by atoms with Crippen molar-refractivity contribution in [1.82, 2.24) is 15.1 Å². The Morgan fingerprint density at radius 1 is 1.17 bits per heavy atom. The average Bonchev–Trinajstić information content (AvgIpc) is 3.03. The quantitative estimate of drug-likeness (QED) is 0.708. The lowest BCUT2D eigenvalue weighted by Crippen LogP contribution is -2.42. The summed E-state index contributed by atoms with van der Waals surface area (Å²) in [5.41, 5.74) is 0.797. The number of alkyl halides is 3. The van der Waals surface area contributed by atoms with Crippen LogP contribution in [-0.2, 0) is 12.7 Å². The van der Waals surface area contributed by atoms with Gasteiger partial charge in [-0.2, -0.15) is 13.2 Å². The maximum atomic E-state index is 13.2. The predicted octanol–water partition coefficient (Wildman–Crippen LogP) is 4.92. The number of hydrogen-bond donors (Lipinski definition) is 1. The van der Waals surface area contributed by atoms with E-state index in [0.717, 1.165) is 23.1 Å². The Balaban J connectivity index is 1.63. The standard InChI is InChI=1S/C20H17Cl2F3N4O/c1-28-11-26-9-17-18(28)27-19(29(17)10-12-2-4-13(21)5-3-12)30-14-6-7-16(22)15(8-14)20(23,24)25/h2-9,19,27H,10-11H2,1H3. The van der Waals surface area contributed by atoms with E-state index in [1.807, 2.05) is 29.0 Å². The van der Waals surface area contributed by atoms with Gasteiger partial charge in [-0.1, -0.05) is 35.3 Å². The van der Waals surface area contributed by atoms with Gasteiger partial charge in [-0.05, 0) is 35.9 Å². The van der Waals surface area contributed by atoms with Crippen LogP contribution in [0.1, 0.15) is 11.1 Å². The van der Waals surface area contributed by atoms with E-state index in [-0.39, 0.29) is 10.8 Å². The number of ether oxygens (including phenoxy) is 1. The molecule has 1 N–H and O–H groups in total. The van der Waals surface area contributed by atoms with Crippen molar-refractivity contribution in [3.8, 4) is 5.75 Å². The van der Waals surface area contributed by atoms with Crippen LogP contribution in [0.4, 0.5) is 13.2 Å². The number of nitrogens with zero attached hydrogens (tertiary/aromatic N) is 3. The van der Waals surface area contributed by atoms with Crippen LogP contribution >= 0.6 is 23.2 Å². The first-order valence-electron chi connectivity index (χ1n) is 8.98. The van der Waals surface area contributed by atoms with Crippen LogP contribution in [0.2, 0.25) is 10.0 Å². The molecule has 1 atom stereocenters. The number of benzene rings is 2. The second-order valence-electron chi connectivity index (χ2n) is 6.89. The van der Waals surface area contributed by atoms with Gasteiger partial charge in [0.15, 0.2) is 0 Å². The molecule has 0 saturated carbocycles. The van der Waals surface area contributed by atoms with E-state index < -0.39 is 18.1 Å². The van der Waals surface area contributed by atoms with Crippen LogP contribution in [0.3, 0.4) is 0 Å². The van der Waals surface area contributed by atoms with Crippen LogP contribution in [0, 0.1) is 0 Å². The van der Waals surface area contributed by atoms with Crippen LogP contribution in [0.25, 0.3) is 0 Å². The summed E-state index contributed by atoms with van der Waals surface area (Å²) in [5.74, 6) is 0.832. The highest BCUT2D eigenvalue weighted by Gasteiger charge is 2.37. The van der Waals surface area contributed by atoms with Crippen molar-refractivity contribution in [2.75, 3.05) is 13.7 Å². The Morgan fingerprint density at radius 3 is 2.60 bits per heavy atom. The van der Waals surface area contributed by atoms with Gasteiger partial charge in [-0.15, -0.1) is 0 Å². The number of rotatable bonds is 4. The van der Waals surface area contributed by atoms with E-state index in [1.54, 1.807) is 18.3 Å². The summed E-state index contributed by atoms with van der Waals surface area (Å²) < 4.78 is 45.6. The van der Waals surface area contributed by atoms with Gasteiger partial charge in [0, 0.05) is 18.6 Å². The molecule has 0 aromatic heterocycles. The van der Waals surface area contributed by atoms with Gasteiger partial charge in [-0.25, -0.2) is 0 Å². The molecule has 2 heterocycles. The van der Waals surface area contributed by atoms with E-state index >= 15 is 0 Å². The second-order valence-corrected chi connectivity index (χ2v) is 7.74. The van der Waals surface area contributed by atoms with Gasteiger partial charge in [0.2, 0.25) is 0 Å². The van der Waals surface area contributed by atoms with E-state index in [2.05, 4.69) is 10.3 Å². The first kappa shape index (κ1) is 20.7. The molecular weight excluding hydrogens is 440 g/mol. The zero-order chi connectivity index (χ0) is 21.5. The third-order valence-electron chi connectivity index (χ3n) is 4.74. The normalized spacial score (nSPS) is 18.5. The molecule has 1 unspecified atom stereocenters. The van der Waals surface area contributed by atoms with Crippen LogP contribution < -0.4 is 10.1 Å². The number of aliphatic imine (C=N–C) groups is 1. The molecule has 2 aromatic rings. The molecular formula is C20H17Cl2F3N4O. The first-order chi connectivity index (χ1) is 14.2. The zero-order valence-electron chi connectivity index (χ0n) is 15.8. The maximum Gasteiger partial charge on any atom is 0.417 e. The number of hydrogen-bond acceptors (Lipinski definition) is 5. The molecule has 158 valence electrons. The van der Waals surface area contributed by atoms with Gasteiger partial charge in [-0.3, -0.25) is 4.99 Å². The first-order valence-corrected chi connectivity index (χ1v) is 9.74. The molecule has 0 spiro atoms. The average molecular weight is 457 g/mol. The lowest BCUT2D eigenvalue weighted by atomic mass is 10.2. The maximum absolute atomic E-state index is 13.2. The number of halogens is 5. The molecule has 0 radical (unpaired) electrons. The van der Waals surface area contributed by atoms with Crippen molar-refractivity contribution < 1.29 is 17.9 Å². The van der Waals surface area contributed by atoms with Crippen molar-refractivity contribution in [3.05, 3.63) is 75.2 Å². The summed E-state index contributed by atoms with van der Waals surface area (Å²) in [6.45, 7) is 0.903. The molecule has 0 aliphatic carbocycles. The molecule has 2 aliphatic rings. The molecule has 0 fully saturated rings. The minimum absolute atomic E-state index is 0.0461. The van der Waals surface area contributed by atoms with Gasteiger partial charge in [0.05, 0.1) is 16.8 Å². The fourth-order valence-electron chi connectivity index (χ4n) is 3.26. The lowest BCUT2D eigenvalue weighted by Gasteiger charge is -2.28. The van der Waals surface area contributed by atoms with E-state index in [4.69, 9.17) is 27.9 Å². The minimum atomic E-state index is -4.58. The molecule has 4 rings (SSSR count). The summed E-state index contributed by atoms with van der Waals surface area (Å²) in [7, 11) is 1.87. The third-order valence-corrected chi connectivity index (χ3v) is 5.32. The predicted molar refractivity (Wildman–Crippen MR) is 109 cm³/mol. The molecule has 10 heteroatoms. The Kier molecular flexibility index (Phi) is 5.46. The number of nitrogens with one attached hydrogen (secondary N) is 1. The summed E-state index contributed by atoms with van der Waals surface area (Å²) in [5, 5.41) is 3.46. The highest BCUT2D eigenvalue weighted by atomic mass is 35.5. The SMILES string of the molecule is CN1CN=CC2=C1NC(Oc1ccc(Cl)c(C(F)(F)F)c1)N2Cc1ccc(Cl)cc1. The number of allylic oxidation sites excluding steroid dienone is 1. The smallest absolute Gasteiger partial charge is 0.417 e. The van der Waals surface area contributed by atoms with Gasteiger partial charge < -0.3 is 19.9 Å². The van der Waals surface area contributed by atoms with Gasteiger partial charge in [0.1, 0.15) is 23.9 Å². The Hall–Kier alpha value is -2.58. The molecule has 5 nitrogen and oxygen atoms in total. The Morgan fingerprint density at radius 2 is 1.90 bits per heavy atom. The summed E-state index contributed by atoms with van der Waals surface area (Å²) in [4.78, 5) is 8.11. The minimum Gasteiger partial charge on any atom is -0.452 e. The van der Waals surface area contributed by atoms with E-state index in [9.17, 15) is 13.2 Å². The van der Waals surface area contributed by atoms with Crippen molar-refractivity contribution >= 4 is 29.4 Å². The third kappa shape index (κ3) is 4.15. The largest absolute Gasteiger partial charge is 0.452 e. The monoisotopic (exact) mass is 456 g/mol. The van der Waals surface area contributed by atoms with Crippen molar-refractivity contribution in [2.24, 2.45) is 4.99 Å². The van der Waals surface area contributed by atoms with Crippen molar-refractivity contribution in [2.45, 2.75) is 19.1 Å². The molecule has 0 amide bonds. The van der Waals surface area contributed by atoms with Crippen LogP contribution in [0.5, 0.6) is 5.75 Å². The van der Waals surface area contributed by atoms with E-state index in [1.165, 1.54) is 12.1 Å². The highest BCUT2D eigenvalue weighted by molar-refractivity contribution is 6.31. The molecule has 30 heavy (non-hydrogen) atoms. The van der Waals surface area contributed by atoms with Crippen LogP contribution in [0.15, 0.2) is 59.0 Å². The topological polar surface area (TPSA) is 40.1 Å². The molecule has 0 bridgehead atoms. The Labute approximate surface area is 181 Å². The highest BCUT2D eigenvalue weighted by Crippen LogP contribution is 2.37. The zero-order valence-corrected chi connectivity index (χ0v) is 17.3. The Bertz CT molecular complexity index is 1010. The second kappa shape index (κ2) is 7.92.